The van der Waals surface area contributed by atoms with Crippen LogP contribution >= 0.6 is 0 Å². The van der Waals surface area contributed by atoms with Gasteiger partial charge in [0, 0.05) is 39.2 Å². The average molecular weight is 297 g/mol. The summed E-state index contributed by atoms with van der Waals surface area (Å²) in [5.41, 5.74) is 0. The maximum Gasteiger partial charge on any atom is 0.193 e. The summed E-state index contributed by atoms with van der Waals surface area (Å²) in [4.78, 5) is 6.84. The summed E-state index contributed by atoms with van der Waals surface area (Å²) < 4.78 is 10.6. The predicted molar refractivity (Wildman–Crippen MR) is 85.7 cm³/mol. The molecule has 21 heavy (non-hydrogen) atoms. The molecule has 2 rings (SSSR count). The molecule has 3 unspecified atom stereocenters. The number of hydrogen-bond acceptors (Lipinski definition) is 3. The number of nitrogens with one attached hydrogen (secondary N) is 1. The van der Waals surface area contributed by atoms with E-state index in [4.69, 9.17) is 9.47 Å². The van der Waals surface area contributed by atoms with Gasteiger partial charge in [-0.15, -0.1) is 0 Å². The number of aliphatic imine (C=N–C) groups is 1. The van der Waals surface area contributed by atoms with Crippen LogP contribution in [0.25, 0.3) is 0 Å². The molecule has 1 saturated heterocycles. The molecule has 1 saturated carbocycles. The van der Waals surface area contributed by atoms with E-state index in [2.05, 4.69) is 22.1 Å². The summed E-state index contributed by atoms with van der Waals surface area (Å²) in [5, 5.41) is 3.63. The molecule has 2 aliphatic rings. The Morgan fingerprint density at radius 1 is 1.38 bits per heavy atom. The molecule has 0 radical (unpaired) electrons. The van der Waals surface area contributed by atoms with Gasteiger partial charge in [-0.1, -0.05) is 13.3 Å². The molecule has 0 amide bonds. The zero-order valence-corrected chi connectivity index (χ0v) is 13.8. The van der Waals surface area contributed by atoms with Crippen molar-refractivity contribution in [2.45, 2.75) is 38.6 Å². The largest absolute Gasteiger partial charge is 0.382 e. The number of ether oxygens (including phenoxy) is 2. The molecule has 0 aromatic rings. The minimum Gasteiger partial charge on any atom is -0.382 e. The smallest absolute Gasteiger partial charge is 0.193 e. The van der Waals surface area contributed by atoms with Crippen LogP contribution in [0.5, 0.6) is 0 Å². The van der Waals surface area contributed by atoms with Crippen LogP contribution in [0.3, 0.4) is 0 Å². The number of guanidine groups is 1. The summed E-state index contributed by atoms with van der Waals surface area (Å²) in [5.74, 6) is 2.56. The third-order valence-electron chi connectivity index (χ3n) is 4.48. The Morgan fingerprint density at radius 2 is 2.24 bits per heavy atom. The fourth-order valence-electron chi connectivity index (χ4n) is 3.13. The fourth-order valence-corrected chi connectivity index (χ4v) is 3.13. The Kier molecular flexibility index (Phi) is 6.77. The van der Waals surface area contributed by atoms with Crippen molar-refractivity contribution in [2.24, 2.45) is 16.8 Å². The molecule has 0 aromatic heterocycles. The first-order valence-corrected chi connectivity index (χ1v) is 8.33. The molecule has 0 spiro atoms. The number of nitrogens with zero attached hydrogens (tertiary/aromatic N) is 2. The van der Waals surface area contributed by atoms with Gasteiger partial charge in [0.25, 0.3) is 0 Å². The van der Waals surface area contributed by atoms with Gasteiger partial charge in [-0.2, -0.15) is 0 Å². The van der Waals surface area contributed by atoms with Crippen molar-refractivity contribution < 1.29 is 9.47 Å². The molecular weight excluding hydrogens is 266 g/mol. The highest BCUT2D eigenvalue weighted by Crippen LogP contribution is 2.34. The second-order valence-electron chi connectivity index (χ2n) is 6.25. The lowest BCUT2D eigenvalue weighted by atomic mass is 10.1. The quantitative estimate of drug-likeness (QED) is 0.421. The Labute approximate surface area is 129 Å². The minimum atomic E-state index is 0.617. The van der Waals surface area contributed by atoms with Crippen LogP contribution in [0.15, 0.2) is 4.99 Å². The third kappa shape index (κ3) is 5.15. The van der Waals surface area contributed by atoms with Crippen LogP contribution in [0.4, 0.5) is 0 Å². The highest BCUT2D eigenvalue weighted by Gasteiger charge is 2.38. The van der Waals surface area contributed by atoms with Gasteiger partial charge < -0.3 is 19.7 Å². The van der Waals surface area contributed by atoms with Gasteiger partial charge in [-0.3, -0.25) is 4.99 Å². The van der Waals surface area contributed by atoms with Gasteiger partial charge in [-0.25, -0.2) is 0 Å². The van der Waals surface area contributed by atoms with Crippen LogP contribution < -0.4 is 5.32 Å². The van der Waals surface area contributed by atoms with E-state index >= 15 is 0 Å². The highest BCUT2D eigenvalue weighted by atomic mass is 16.5. The Morgan fingerprint density at radius 3 is 2.95 bits per heavy atom. The topological polar surface area (TPSA) is 46.1 Å². The zero-order chi connectivity index (χ0) is 15.1. The normalized spacial score (nSPS) is 29.0. The SMILES string of the molecule is CCCC1CC1NC(=NC)N1CCC(COCCOC)C1. The van der Waals surface area contributed by atoms with Crippen molar-refractivity contribution in [3.63, 3.8) is 0 Å². The lowest BCUT2D eigenvalue weighted by Crippen LogP contribution is -2.41. The third-order valence-corrected chi connectivity index (χ3v) is 4.48. The summed E-state index contributed by atoms with van der Waals surface area (Å²) in [6.45, 7) is 6.61. The maximum absolute atomic E-state index is 5.65. The predicted octanol–water partition coefficient (Wildman–Crippen LogP) is 1.74. The average Bonchev–Trinajstić information content (AvgIpc) is 3.05. The van der Waals surface area contributed by atoms with Crippen molar-refractivity contribution in [1.29, 1.82) is 0 Å². The maximum atomic E-state index is 5.65. The second kappa shape index (κ2) is 8.59. The van der Waals surface area contributed by atoms with Crippen molar-refractivity contribution in [3.05, 3.63) is 0 Å². The Bertz CT molecular complexity index is 335. The van der Waals surface area contributed by atoms with Gasteiger partial charge in [0.05, 0.1) is 19.8 Å². The van der Waals surface area contributed by atoms with Crippen LogP contribution in [0.2, 0.25) is 0 Å². The van der Waals surface area contributed by atoms with E-state index in [-0.39, 0.29) is 0 Å². The van der Waals surface area contributed by atoms with E-state index in [1.807, 2.05) is 7.05 Å². The zero-order valence-electron chi connectivity index (χ0n) is 13.8. The number of likely N-dealkylation sites (tertiary alicyclic amines) is 1. The van der Waals surface area contributed by atoms with Gasteiger partial charge >= 0.3 is 0 Å². The summed E-state index contributed by atoms with van der Waals surface area (Å²) in [6.07, 6.45) is 5.12. The molecular formula is C16H31N3O2. The van der Waals surface area contributed by atoms with Crippen molar-refractivity contribution in [3.8, 4) is 0 Å². The van der Waals surface area contributed by atoms with Crippen molar-refractivity contribution >= 4 is 5.96 Å². The molecule has 1 N–H and O–H groups in total. The molecule has 2 fully saturated rings. The standard InChI is InChI=1S/C16H31N3O2/c1-4-5-14-10-15(14)18-16(17-2)19-7-6-13(11-19)12-21-9-8-20-3/h13-15H,4-12H2,1-3H3,(H,17,18). The van der Waals surface area contributed by atoms with E-state index in [9.17, 15) is 0 Å². The van der Waals surface area contributed by atoms with Gasteiger partial charge in [0.15, 0.2) is 5.96 Å². The number of rotatable bonds is 8. The Balaban J connectivity index is 1.67. The van der Waals surface area contributed by atoms with E-state index in [0.29, 0.717) is 25.2 Å². The first-order chi connectivity index (χ1) is 10.3. The molecule has 5 nitrogen and oxygen atoms in total. The van der Waals surface area contributed by atoms with Crippen LogP contribution in [-0.2, 0) is 9.47 Å². The van der Waals surface area contributed by atoms with Crippen LogP contribution in [0.1, 0.15) is 32.6 Å². The molecule has 0 bridgehead atoms. The molecule has 0 aromatic carbocycles. The van der Waals surface area contributed by atoms with E-state index in [0.717, 1.165) is 31.6 Å². The molecule has 1 heterocycles. The van der Waals surface area contributed by atoms with E-state index in [1.54, 1.807) is 7.11 Å². The van der Waals surface area contributed by atoms with Crippen molar-refractivity contribution in [1.82, 2.24) is 10.2 Å². The molecule has 1 aliphatic carbocycles. The van der Waals surface area contributed by atoms with Crippen LogP contribution in [-0.4, -0.2) is 64.0 Å². The second-order valence-corrected chi connectivity index (χ2v) is 6.25. The van der Waals surface area contributed by atoms with Gasteiger partial charge in [0.2, 0.25) is 0 Å². The lowest BCUT2D eigenvalue weighted by molar-refractivity contribution is 0.0536. The Hall–Kier alpha value is -0.810. The van der Waals surface area contributed by atoms with Gasteiger partial charge in [-0.05, 0) is 25.2 Å². The molecule has 3 atom stereocenters. The first-order valence-electron chi connectivity index (χ1n) is 8.33. The monoisotopic (exact) mass is 297 g/mol. The summed E-state index contributed by atoms with van der Waals surface area (Å²) in [6, 6.07) is 0.653. The van der Waals surface area contributed by atoms with Gasteiger partial charge in [0.1, 0.15) is 0 Å². The lowest BCUT2D eigenvalue weighted by Gasteiger charge is -2.22. The van der Waals surface area contributed by atoms with Crippen LogP contribution in [0, 0.1) is 11.8 Å². The fraction of sp³-hybridized carbons (Fsp3) is 0.938. The van der Waals surface area contributed by atoms with E-state index < -0.39 is 0 Å². The highest BCUT2D eigenvalue weighted by molar-refractivity contribution is 5.80. The summed E-state index contributed by atoms with van der Waals surface area (Å²) in [7, 11) is 3.60. The number of methoxy groups -OCH3 is 1. The summed E-state index contributed by atoms with van der Waals surface area (Å²) >= 11 is 0. The van der Waals surface area contributed by atoms with Crippen molar-refractivity contribution in [2.75, 3.05) is 47.1 Å². The number of hydrogen-bond donors (Lipinski definition) is 1. The molecule has 1 aliphatic heterocycles. The minimum absolute atomic E-state index is 0.617. The van der Waals surface area contributed by atoms with E-state index in [1.165, 1.54) is 25.7 Å². The molecule has 5 heteroatoms. The molecule has 122 valence electrons. The first kappa shape index (κ1) is 16.6.